The van der Waals surface area contributed by atoms with Gasteiger partial charge in [0.15, 0.2) is 0 Å². The monoisotopic (exact) mass is 243 g/mol. The van der Waals surface area contributed by atoms with Crippen LogP contribution in [-0.2, 0) is 9.47 Å². The Labute approximate surface area is 106 Å². The minimum Gasteiger partial charge on any atom is -0.374 e. The van der Waals surface area contributed by atoms with Crippen LogP contribution in [0, 0.1) is 5.92 Å². The van der Waals surface area contributed by atoms with Crippen molar-refractivity contribution in [2.45, 2.75) is 71.8 Å². The first-order valence-electron chi connectivity index (χ1n) is 7.10. The SMILES string of the molecule is CCCNC1CC(OC(C)C(C)C)C1OCC. The molecule has 3 heteroatoms. The summed E-state index contributed by atoms with van der Waals surface area (Å²) in [6.45, 7) is 12.6. The Balaban J connectivity index is 2.36. The van der Waals surface area contributed by atoms with Gasteiger partial charge >= 0.3 is 0 Å². The summed E-state index contributed by atoms with van der Waals surface area (Å²) >= 11 is 0. The highest BCUT2D eigenvalue weighted by atomic mass is 16.6. The Bertz CT molecular complexity index is 208. The largest absolute Gasteiger partial charge is 0.374 e. The lowest BCUT2D eigenvalue weighted by Crippen LogP contribution is -2.61. The summed E-state index contributed by atoms with van der Waals surface area (Å²) in [4.78, 5) is 0. The van der Waals surface area contributed by atoms with Gasteiger partial charge in [-0.25, -0.2) is 0 Å². The van der Waals surface area contributed by atoms with Crippen molar-refractivity contribution in [3.05, 3.63) is 0 Å². The fourth-order valence-electron chi connectivity index (χ4n) is 2.09. The first-order chi connectivity index (χ1) is 8.10. The lowest BCUT2D eigenvalue weighted by Gasteiger charge is -2.45. The molecular weight excluding hydrogens is 214 g/mol. The van der Waals surface area contributed by atoms with Gasteiger partial charge in [0.25, 0.3) is 0 Å². The first kappa shape index (κ1) is 14.9. The lowest BCUT2D eigenvalue weighted by molar-refractivity contribution is -0.169. The third-order valence-electron chi connectivity index (χ3n) is 3.59. The Morgan fingerprint density at radius 2 is 1.94 bits per heavy atom. The zero-order chi connectivity index (χ0) is 12.8. The Hall–Kier alpha value is -0.120. The summed E-state index contributed by atoms with van der Waals surface area (Å²) in [6.07, 6.45) is 3.09. The predicted molar refractivity (Wildman–Crippen MR) is 71.3 cm³/mol. The fourth-order valence-corrected chi connectivity index (χ4v) is 2.09. The van der Waals surface area contributed by atoms with E-state index in [1.807, 2.05) is 0 Å². The summed E-state index contributed by atoms with van der Waals surface area (Å²) in [7, 11) is 0. The van der Waals surface area contributed by atoms with E-state index in [4.69, 9.17) is 9.47 Å². The number of hydrogen-bond donors (Lipinski definition) is 1. The Morgan fingerprint density at radius 1 is 1.24 bits per heavy atom. The van der Waals surface area contributed by atoms with E-state index < -0.39 is 0 Å². The topological polar surface area (TPSA) is 30.5 Å². The molecule has 1 fully saturated rings. The van der Waals surface area contributed by atoms with Crippen LogP contribution >= 0.6 is 0 Å². The molecule has 4 unspecified atom stereocenters. The van der Waals surface area contributed by atoms with E-state index in [1.165, 1.54) is 6.42 Å². The minimum absolute atomic E-state index is 0.243. The molecule has 1 aliphatic rings. The molecule has 17 heavy (non-hydrogen) atoms. The van der Waals surface area contributed by atoms with Crippen molar-refractivity contribution in [2.24, 2.45) is 5.92 Å². The molecule has 3 nitrogen and oxygen atoms in total. The molecule has 0 aromatic carbocycles. The highest BCUT2D eigenvalue weighted by Crippen LogP contribution is 2.29. The van der Waals surface area contributed by atoms with Crippen LogP contribution in [0.25, 0.3) is 0 Å². The molecule has 1 aliphatic carbocycles. The Kier molecular flexibility index (Phi) is 6.45. The molecule has 0 spiro atoms. The molecule has 0 aliphatic heterocycles. The Morgan fingerprint density at radius 3 is 2.47 bits per heavy atom. The van der Waals surface area contributed by atoms with Crippen molar-refractivity contribution in [3.8, 4) is 0 Å². The highest BCUT2D eigenvalue weighted by Gasteiger charge is 2.43. The number of ether oxygens (including phenoxy) is 2. The molecule has 1 N–H and O–H groups in total. The number of nitrogens with one attached hydrogen (secondary N) is 1. The molecule has 0 saturated heterocycles. The summed E-state index contributed by atoms with van der Waals surface area (Å²) in [6, 6.07) is 0.485. The van der Waals surface area contributed by atoms with Crippen LogP contribution in [0.2, 0.25) is 0 Å². The second-order valence-electron chi connectivity index (χ2n) is 5.34. The van der Waals surface area contributed by atoms with Crippen LogP contribution in [-0.4, -0.2) is 37.5 Å². The van der Waals surface area contributed by atoms with Gasteiger partial charge in [-0.1, -0.05) is 20.8 Å². The summed E-state index contributed by atoms with van der Waals surface area (Å²) < 4.78 is 11.9. The van der Waals surface area contributed by atoms with Gasteiger partial charge in [-0.2, -0.15) is 0 Å². The van der Waals surface area contributed by atoms with Gasteiger partial charge in [0, 0.05) is 12.6 Å². The molecule has 1 rings (SSSR count). The third kappa shape index (κ3) is 4.23. The van der Waals surface area contributed by atoms with Crippen LogP contribution < -0.4 is 5.32 Å². The van der Waals surface area contributed by atoms with E-state index >= 15 is 0 Å². The summed E-state index contributed by atoms with van der Waals surface area (Å²) in [5.74, 6) is 0.569. The van der Waals surface area contributed by atoms with Crippen molar-refractivity contribution < 1.29 is 9.47 Å². The van der Waals surface area contributed by atoms with Crippen LogP contribution in [0.15, 0.2) is 0 Å². The van der Waals surface area contributed by atoms with Crippen LogP contribution in [0.4, 0.5) is 0 Å². The van der Waals surface area contributed by atoms with E-state index in [0.29, 0.717) is 18.1 Å². The fraction of sp³-hybridized carbons (Fsp3) is 1.00. The van der Waals surface area contributed by atoms with Gasteiger partial charge in [0.05, 0.1) is 18.3 Å². The van der Waals surface area contributed by atoms with E-state index in [0.717, 1.165) is 19.6 Å². The van der Waals surface area contributed by atoms with Crippen molar-refractivity contribution in [2.75, 3.05) is 13.2 Å². The molecule has 1 saturated carbocycles. The molecule has 0 amide bonds. The van der Waals surface area contributed by atoms with Gasteiger partial charge in [0.1, 0.15) is 0 Å². The van der Waals surface area contributed by atoms with Gasteiger partial charge in [0.2, 0.25) is 0 Å². The maximum atomic E-state index is 6.06. The van der Waals surface area contributed by atoms with Gasteiger partial charge in [-0.05, 0) is 39.2 Å². The van der Waals surface area contributed by atoms with Gasteiger partial charge < -0.3 is 14.8 Å². The standard InChI is InChI=1S/C14H29NO2/c1-6-8-15-12-9-13(14(12)16-7-2)17-11(5)10(3)4/h10-15H,6-9H2,1-5H3. The molecule has 102 valence electrons. The van der Waals surface area contributed by atoms with E-state index in [9.17, 15) is 0 Å². The summed E-state index contributed by atoms with van der Waals surface area (Å²) in [5.41, 5.74) is 0. The first-order valence-corrected chi connectivity index (χ1v) is 7.10. The van der Waals surface area contributed by atoms with E-state index in [1.54, 1.807) is 0 Å². The number of rotatable bonds is 8. The molecule has 0 bridgehead atoms. The smallest absolute Gasteiger partial charge is 0.0990 e. The predicted octanol–water partition coefficient (Wildman–Crippen LogP) is 2.59. The number of hydrogen-bond acceptors (Lipinski definition) is 3. The van der Waals surface area contributed by atoms with E-state index in [2.05, 4.69) is 39.9 Å². The zero-order valence-corrected chi connectivity index (χ0v) is 12.0. The van der Waals surface area contributed by atoms with Crippen molar-refractivity contribution in [3.63, 3.8) is 0 Å². The van der Waals surface area contributed by atoms with Crippen LogP contribution in [0.1, 0.15) is 47.5 Å². The normalized spacial score (nSPS) is 30.4. The van der Waals surface area contributed by atoms with Crippen LogP contribution in [0.3, 0.4) is 0 Å². The molecular formula is C14H29NO2. The van der Waals surface area contributed by atoms with Gasteiger partial charge in [-0.3, -0.25) is 0 Å². The molecule has 0 heterocycles. The average molecular weight is 243 g/mol. The quantitative estimate of drug-likeness (QED) is 0.711. The second kappa shape index (κ2) is 7.34. The molecule has 4 atom stereocenters. The van der Waals surface area contributed by atoms with Crippen molar-refractivity contribution >= 4 is 0 Å². The van der Waals surface area contributed by atoms with Crippen molar-refractivity contribution in [1.29, 1.82) is 0 Å². The third-order valence-corrected chi connectivity index (χ3v) is 3.59. The van der Waals surface area contributed by atoms with Crippen molar-refractivity contribution in [1.82, 2.24) is 5.32 Å². The molecule has 0 radical (unpaired) electrons. The minimum atomic E-state index is 0.243. The van der Waals surface area contributed by atoms with Gasteiger partial charge in [-0.15, -0.1) is 0 Å². The maximum Gasteiger partial charge on any atom is 0.0990 e. The molecule has 0 aromatic heterocycles. The summed E-state index contributed by atoms with van der Waals surface area (Å²) in [5, 5.41) is 3.53. The second-order valence-corrected chi connectivity index (χ2v) is 5.34. The highest BCUT2D eigenvalue weighted by molar-refractivity contribution is 4.97. The average Bonchev–Trinajstić information content (AvgIpc) is 2.29. The maximum absolute atomic E-state index is 6.06. The zero-order valence-electron chi connectivity index (χ0n) is 12.0. The lowest BCUT2D eigenvalue weighted by atomic mass is 9.84. The van der Waals surface area contributed by atoms with Crippen LogP contribution in [0.5, 0.6) is 0 Å². The molecule has 0 aromatic rings. The van der Waals surface area contributed by atoms with E-state index in [-0.39, 0.29) is 12.2 Å².